The Labute approximate surface area is 147 Å². The van der Waals surface area contributed by atoms with Crippen LogP contribution in [0.1, 0.15) is 41.3 Å². The smallest absolute Gasteiger partial charge is 0.224 e. The highest BCUT2D eigenvalue weighted by atomic mass is 32.1. The lowest BCUT2D eigenvalue weighted by Gasteiger charge is -2.28. The molecule has 0 atom stereocenters. The molecule has 1 aliphatic heterocycles. The third-order valence-corrected chi connectivity index (χ3v) is 5.58. The van der Waals surface area contributed by atoms with E-state index in [4.69, 9.17) is 0 Å². The van der Waals surface area contributed by atoms with Crippen LogP contribution in [0.15, 0.2) is 24.3 Å². The summed E-state index contributed by atoms with van der Waals surface area (Å²) in [6.45, 7) is 6.29. The quantitative estimate of drug-likeness (QED) is 0.879. The second-order valence-electron chi connectivity index (χ2n) is 6.38. The van der Waals surface area contributed by atoms with Crippen LogP contribution < -0.4 is 10.2 Å². The molecule has 0 unspecified atom stereocenters. The third kappa shape index (κ3) is 4.35. The molecular weight excluding hydrogens is 318 g/mol. The lowest BCUT2D eigenvalue weighted by Crippen LogP contribution is -2.29. The minimum Gasteiger partial charge on any atom is -0.372 e. The van der Waals surface area contributed by atoms with Crippen LogP contribution in [0.3, 0.4) is 0 Å². The van der Waals surface area contributed by atoms with Crippen LogP contribution in [-0.2, 0) is 11.2 Å². The maximum Gasteiger partial charge on any atom is 0.224 e. The number of carbonyl (C=O) groups excluding carboxylic acids is 1. The van der Waals surface area contributed by atoms with E-state index < -0.39 is 0 Å². The first-order valence-corrected chi connectivity index (χ1v) is 9.51. The van der Waals surface area contributed by atoms with Gasteiger partial charge in [0.2, 0.25) is 5.91 Å². The van der Waals surface area contributed by atoms with E-state index in [1.54, 1.807) is 11.3 Å². The number of thiazole rings is 1. The summed E-state index contributed by atoms with van der Waals surface area (Å²) in [5.74, 6) is 0.0613. The fraction of sp³-hybridized carbons (Fsp3) is 0.474. The Balaban J connectivity index is 1.51. The van der Waals surface area contributed by atoms with Crippen LogP contribution in [0.25, 0.3) is 0 Å². The van der Waals surface area contributed by atoms with E-state index in [-0.39, 0.29) is 5.91 Å². The van der Waals surface area contributed by atoms with Crippen LogP contribution >= 0.6 is 11.3 Å². The van der Waals surface area contributed by atoms with Gasteiger partial charge in [-0.25, -0.2) is 4.98 Å². The number of carbonyl (C=O) groups is 1. The SMILES string of the molecule is Cc1nc(C)c(CCC(=O)Nc2ccc(N3CCCCC3)cc2)s1. The van der Waals surface area contributed by atoms with Crippen LogP contribution in [-0.4, -0.2) is 24.0 Å². The number of piperidine rings is 1. The van der Waals surface area contributed by atoms with E-state index in [2.05, 4.69) is 27.3 Å². The van der Waals surface area contributed by atoms with Crippen LogP contribution in [0.5, 0.6) is 0 Å². The van der Waals surface area contributed by atoms with E-state index >= 15 is 0 Å². The Morgan fingerprint density at radius 2 is 1.88 bits per heavy atom. The zero-order chi connectivity index (χ0) is 16.9. The topological polar surface area (TPSA) is 45.2 Å². The molecule has 1 aromatic carbocycles. The molecule has 24 heavy (non-hydrogen) atoms. The molecule has 3 rings (SSSR count). The zero-order valence-electron chi connectivity index (χ0n) is 14.5. The molecule has 1 N–H and O–H groups in total. The molecule has 1 aliphatic rings. The van der Waals surface area contributed by atoms with Crippen molar-refractivity contribution in [2.75, 3.05) is 23.3 Å². The number of amides is 1. The van der Waals surface area contributed by atoms with Crippen LogP contribution in [0.4, 0.5) is 11.4 Å². The third-order valence-electron chi connectivity index (χ3n) is 4.45. The normalized spacial score (nSPS) is 14.7. The van der Waals surface area contributed by atoms with Crippen molar-refractivity contribution in [2.24, 2.45) is 0 Å². The summed E-state index contributed by atoms with van der Waals surface area (Å²) in [6, 6.07) is 8.23. The molecule has 1 amide bonds. The number of anilines is 2. The maximum absolute atomic E-state index is 12.2. The minimum atomic E-state index is 0.0613. The van der Waals surface area contributed by atoms with Gasteiger partial charge in [-0.1, -0.05) is 0 Å². The number of hydrogen-bond donors (Lipinski definition) is 1. The Morgan fingerprint density at radius 3 is 2.50 bits per heavy atom. The van der Waals surface area contributed by atoms with E-state index in [0.29, 0.717) is 6.42 Å². The number of nitrogens with one attached hydrogen (secondary N) is 1. The second kappa shape index (κ2) is 7.79. The highest BCUT2D eigenvalue weighted by Gasteiger charge is 2.11. The van der Waals surface area contributed by atoms with Gasteiger partial charge in [0.05, 0.1) is 10.7 Å². The Bertz CT molecular complexity index is 687. The van der Waals surface area contributed by atoms with Crippen molar-refractivity contribution in [1.82, 2.24) is 4.98 Å². The van der Waals surface area contributed by atoms with Crippen molar-refractivity contribution in [1.29, 1.82) is 0 Å². The molecule has 0 spiro atoms. The Kier molecular flexibility index (Phi) is 5.51. The van der Waals surface area contributed by atoms with Crippen molar-refractivity contribution in [3.8, 4) is 0 Å². The fourth-order valence-electron chi connectivity index (χ4n) is 3.16. The summed E-state index contributed by atoms with van der Waals surface area (Å²) in [5.41, 5.74) is 3.18. The number of aryl methyl sites for hydroxylation is 3. The second-order valence-corrected chi connectivity index (χ2v) is 7.67. The monoisotopic (exact) mass is 343 g/mol. The molecule has 4 nitrogen and oxygen atoms in total. The van der Waals surface area contributed by atoms with Gasteiger partial charge in [-0.2, -0.15) is 0 Å². The molecular formula is C19H25N3OS. The predicted molar refractivity (Wildman–Crippen MR) is 101 cm³/mol. The van der Waals surface area contributed by atoms with Crippen molar-refractivity contribution < 1.29 is 4.79 Å². The van der Waals surface area contributed by atoms with E-state index in [0.717, 1.165) is 35.9 Å². The molecule has 1 aromatic heterocycles. The molecule has 5 heteroatoms. The van der Waals surface area contributed by atoms with Gasteiger partial charge in [-0.15, -0.1) is 11.3 Å². The number of benzene rings is 1. The van der Waals surface area contributed by atoms with Gasteiger partial charge >= 0.3 is 0 Å². The molecule has 2 aromatic rings. The van der Waals surface area contributed by atoms with Gasteiger partial charge in [-0.3, -0.25) is 4.79 Å². The first-order chi connectivity index (χ1) is 11.6. The molecule has 0 saturated carbocycles. The average Bonchev–Trinajstić information content (AvgIpc) is 2.92. The van der Waals surface area contributed by atoms with Gasteiger partial charge in [0, 0.05) is 35.8 Å². The first kappa shape index (κ1) is 17.0. The first-order valence-electron chi connectivity index (χ1n) is 8.69. The molecule has 2 heterocycles. The molecule has 1 saturated heterocycles. The van der Waals surface area contributed by atoms with Crippen LogP contribution in [0.2, 0.25) is 0 Å². The van der Waals surface area contributed by atoms with Crippen molar-refractivity contribution in [2.45, 2.75) is 46.0 Å². The maximum atomic E-state index is 12.2. The fourth-order valence-corrected chi connectivity index (χ4v) is 4.10. The van der Waals surface area contributed by atoms with E-state index in [9.17, 15) is 4.79 Å². The summed E-state index contributed by atoms with van der Waals surface area (Å²) in [4.78, 5) is 20.2. The number of nitrogens with zero attached hydrogens (tertiary/aromatic N) is 2. The average molecular weight is 343 g/mol. The number of aromatic nitrogens is 1. The van der Waals surface area contributed by atoms with Crippen LogP contribution in [0, 0.1) is 13.8 Å². The highest BCUT2D eigenvalue weighted by molar-refractivity contribution is 7.11. The summed E-state index contributed by atoms with van der Waals surface area (Å²) in [6.07, 6.45) is 5.14. The molecule has 0 bridgehead atoms. The predicted octanol–water partition coefficient (Wildman–Crippen LogP) is 4.32. The van der Waals surface area contributed by atoms with Crippen molar-refractivity contribution >= 4 is 28.6 Å². The standard InChI is InChI=1S/C19H25N3OS/c1-14-18(24-15(2)20-14)10-11-19(23)21-16-6-8-17(9-7-16)22-12-4-3-5-13-22/h6-9H,3-5,10-13H2,1-2H3,(H,21,23). The Morgan fingerprint density at radius 1 is 1.17 bits per heavy atom. The Hall–Kier alpha value is -1.88. The molecule has 128 valence electrons. The minimum absolute atomic E-state index is 0.0613. The van der Waals surface area contributed by atoms with Crippen molar-refractivity contribution in [3.63, 3.8) is 0 Å². The zero-order valence-corrected chi connectivity index (χ0v) is 15.3. The molecule has 0 radical (unpaired) electrons. The lowest BCUT2D eigenvalue weighted by molar-refractivity contribution is -0.116. The van der Waals surface area contributed by atoms with Crippen molar-refractivity contribution in [3.05, 3.63) is 39.8 Å². The van der Waals surface area contributed by atoms with Gasteiger partial charge in [0.1, 0.15) is 0 Å². The summed E-state index contributed by atoms with van der Waals surface area (Å²) < 4.78 is 0. The van der Waals surface area contributed by atoms with Gasteiger partial charge in [0.15, 0.2) is 0 Å². The lowest BCUT2D eigenvalue weighted by atomic mass is 10.1. The number of hydrogen-bond acceptors (Lipinski definition) is 4. The highest BCUT2D eigenvalue weighted by Crippen LogP contribution is 2.22. The van der Waals surface area contributed by atoms with Gasteiger partial charge in [0.25, 0.3) is 0 Å². The van der Waals surface area contributed by atoms with Gasteiger partial charge in [-0.05, 0) is 63.8 Å². The number of rotatable bonds is 5. The van der Waals surface area contributed by atoms with Gasteiger partial charge < -0.3 is 10.2 Å². The summed E-state index contributed by atoms with van der Waals surface area (Å²) in [7, 11) is 0. The largest absolute Gasteiger partial charge is 0.372 e. The summed E-state index contributed by atoms with van der Waals surface area (Å²) >= 11 is 1.68. The molecule has 0 aliphatic carbocycles. The van der Waals surface area contributed by atoms with E-state index in [1.165, 1.54) is 29.8 Å². The van der Waals surface area contributed by atoms with E-state index in [1.807, 2.05) is 26.0 Å². The summed E-state index contributed by atoms with van der Waals surface area (Å²) in [5, 5.41) is 4.06. The molecule has 1 fully saturated rings.